The molecular weight excluding hydrogens is 273 g/mol. The van der Waals surface area contributed by atoms with E-state index in [1.807, 2.05) is 0 Å². The molecule has 0 aliphatic rings. The lowest BCUT2D eigenvalue weighted by Gasteiger charge is -1.92. The Hall–Kier alpha value is -3.17. The number of nitrogens with zero attached hydrogens (tertiary/aromatic N) is 4. The fraction of sp³-hybridized carbons (Fsp3) is 0. The Morgan fingerprint density at radius 3 is 1.85 bits per heavy atom. The van der Waals surface area contributed by atoms with Crippen molar-refractivity contribution >= 4 is 17.3 Å². The molecule has 2 rings (SSSR count). The van der Waals surface area contributed by atoms with E-state index in [0.717, 1.165) is 6.07 Å². The molecule has 9 nitrogen and oxygen atoms in total. The van der Waals surface area contributed by atoms with Gasteiger partial charge in [0.1, 0.15) is 18.1 Å². The molecule has 0 fully saturated rings. The van der Waals surface area contributed by atoms with Crippen LogP contribution >= 0.6 is 0 Å². The summed E-state index contributed by atoms with van der Waals surface area (Å²) in [5.41, 5.74) is 5.31. The standard InChI is InChI=1S/C5H3FN2O2.C5H5N3O2/c2*6-4-2-1-3-7-5(4)8(9)10/h1-3H;1-3H,6H2. The van der Waals surface area contributed by atoms with Gasteiger partial charge in [-0.3, -0.25) is 0 Å². The molecule has 2 N–H and O–H groups in total. The molecule has 0 aliphatic carbocycles. The first-order chi connectivity index (χ1) is 9.43. The fourth-order valence-electron chi connectivity index (χ4n) is 1.07. The quantitative estimate of drug-likeness (QED) is 0.652. The number of hydrogen-bond acceptors (Lipinski definition) is 7. The Bertz CT molecular complexity index is 581. The summed E-state index contributed by atoms with van der Waals surface area (Å²) in [6.45, 7) is 0. The Balaban J connectivity index is 0.000000200. The van der Waals surface area contributed by atoms with Crippen LogP contribution in [0.25, 0.3) is 0 Å². The molecule has 0 amide bonds. The van der Waals surface area contributed by atoms with Crippen LogP contribution in [0.4, 0.5) is 21.7 Å². The van der Waals surface area contributed by atoms with E-state index in [4.69, 9.17) is 5.73 Å². The summed E-state index contributed by atoms with van der Waals surface area (Å²) in [4.78, 5) is 25.2. The minimum atomic E-state index is -0.910. The average Bonchev–Trinajstić information content (AvgIpc) is 2.40. The number of nitro groups is 2. The van der Waals surface area contributed by atoms with Crippen LogP contribution in [0, 0.1) is 26.0 Å². The van der Waals surface area contributed by atoms with Gasteiger partial charge >= 0.3 is 11.6 Å². The van der Waals surface area contributed by atoms with Gasteiger partial charge in [0.2, 0.25) is 5.82 Å². The van der Waals surface area contributed by atoms with Crippen LogP contribution in [0.2, 0.25) is 0 Å². The third-order valence-corrected chi connectivity index (χ3v) is 1.90. The second-order valence-corrected chi connectivity index (χ2v) is 3.24. The van der Waals surface area contributed by atoms with Gasteiger partial charge in [0.25, 0.3) is 0 Å². The minimum absolute atomic E-state index is 0.0903. The second kappa shape index (κ2) is 6.68. The number of halogens is 1. The summed E-state index contributed by atoms with van der Waals surface area (Å²) in [5, 5.41) is 20.0. The van der Waals surface area contributed by atoms with Crippen LogP contribution in [0.3, 0.4) is 0 Å². The summed E-state index contributed by atoms with van der Waals surface area (Å²) >= 11 is 0. The number of nitrogen functional groups attached to an aromatic ring is 1. The van der Waals surface area contributed by atoms with Gasteiger partial charge in [0.15, 0.2) is 0 Å². The summed E-state index contributed by atoms with van der Waals surface area (Å²) in [7, 11) is 0. The normalized spacial score (nSPS) is 9.25. The molecule has 0 aromatic carbocycles. The maximum absolute atomic E-state index is 12.3. The molecule has 0 atom stereocenters. The van der Waals surface area contributed by atoms with Gasteiger partial charge in [-0.15, -0.1) is 0 Å². The van der Waals surface area contributed by atoms with Crippen LogP contribution in [0.1, 0.15) is 0 Å². The molecule has 10 heteroatoms. The minimum Gasteiger partial charge on any atom is -0.392 e. The highest BCUT2D eigenvalue weighted by atomic mass is 19.1. The number of rotatable bonds is 2. The van der Waals surface area contributed by atoms with E-state index < -0.39 is 21.5 Å². The van der Waals surface area contributed by atoms with E-state index in [1.54, 1.807) is 6.07 Å². The van der Waals surface area contributed by atoms with Gasteiger partial charge in [-0.2, -0.15) is 4.39 Å². The van der Waals surface area contributed by atoms with Crippen LogP contribution in [0.15, 0.2) is 36.7 Å². The van der Waals surface area contributed by atoms with Crippen molar-refractivity contribution in [1.29, 1.82) is 0 Å². The van der Waals surface area contributed by atoms with Gasteiger partial charge in [-0.1, -0.05) is 0 Å². The Labute approximate surface area is 111 Å². The third-order valence-electron chi connectivity index (χ3n) is 1.90. The molecule has 0 spiro atoms. The largest absolute Gasteiger partial charge is 0.399 e. The van der Waals surface area contributed by atoms with Crippen molar-refractivity contribution < 1.29 is 14.2 Å². The van der Waals surface area contributed by atoms with Crippen molar-refractivity contribution in [3.63, 3.8) is 0 Å². The van der Waals surface area contributed by atoms with E-state index in [-0.39, 0.29) is 11.5 Å². The van der Waals surface area contributed by atoms with E-state index in [0.29, 0.717) is 0 Å². The zero-order valence-corrected chi connectivity index (χ0v) is 9.84. The lowest BCUT2D eigenvalue weighted by molar-refractivity contribution is -0.392. The van der Waals surface area contributed by atoms with E-state index >= 15 is 0 Å². The van der Waals surface area contributed by atoms with Crippen molar-refractivity contribution in [1.82, 2.24) is 9.97 Å². The molecular formula is C10H8FN5O4. The van der Waals surface area contributed by atoms with Crippen LogP contribution in [-0.2, 0) is 0 Å². The van der Waals surface area contributed by atoms with E-state index in [2.05, 4.69) is 9.97 Å². The molecule has 2 heterocycles. The van der Waals surface area contributed by atoms with Crippen molar-refractivity contribution in [3.8, 4) is 0 Å². The SMILES string of the molecule is Nc1cccnc1[N+](=O)[O-].O=[N+]([O-])c1ncccc1F. The highest BCUT2D eigenvalue weighted by Crippen LogP contribution is 2.14. The maximum Gasteiger partial charge on any atom is 0.399 e. The van der Waals surface area contributed by atoms with Crippen molar-refractivity contribution in [3.05, 3.63) is 62.7 Å². The average molecular weight is 281 g/mol. The Kier molecular flexibility index (Phi) is 4.97. The van der Waals surface area contributed by atoms with E-state index in [9.17, 15) is 24.6 Å². The molecule has 104 valence electrons. The van der Waals surface area contributed by atoms with Crippen molar-refractivity contribution in [2.45, 2.75) is 0 Å². The summed E-state index contributed by atoms with van der Waals surface area (Å²) in [6, 6.07) is 5.26. The van der Waals surface area contributed by atoms with Crippen LogP contribution in [0.5, 0.6) is 0 Å². The maximum atomic E-state index is 12.3. The van der Waals surface area contributed by atoms with Gasteiger partial charge in [0.05, 0.1) is 0 Å². The lowest BCUT2D eigenvalue weighted by atomic mass is 10.4. The number of anilines is 1. The van der Waals surface area contributed by atoms with E-state index in [1.165, 1.54) is 24.5 Å². The molecule has 0 unspecified atom stereocenters. The molecule has 2 aromatic rings. The summed E-state index contributed by atoms with van der Waals surface area (Å²) in [6.07, 6.45) is 2.50. The first-order valence-corrected chi connectivity index (χ1v) is 5.03. The first kappa shape index (κ1) is 14.9. The predicted octanol–water partition coefficient (Wildman–Crippen LogP) is 1.70. The third kappa shape index (κ3) is 3.94. The number of pyridine rings is 2. The highest BCUT2D eigenvalue weighted by Gasteiger charge is 2.12. The fourth-order valence-corrected chi connectivity index (χ4v) is 1.07. The molecule has 0 bridgehead atoms. The molecule has 0 saturated heterocycles. The molecule has 0 radical (unpaired) electrons. The topological polar surface area (TPSA) is 138 Å². The number of hydrogen-bond donors (Lipinski definition) is 1. The molecule has 2 aromatic heterocycles. The zero-order valence-electron chi connectivity index (χ0n) is 9.84. The van der Waals surface area contributed by atoms with Crippen molar-refractivity contribution in [2.24, 2.45) is 0 Å². The monoisotopic (exact) mass is 281 g/mol. The number of aromatic nitrogens is 2. The van der Waals surface area contributed by atoms with Crippen LogP contribution in [-0.4, -0.2) is 19.8 Å². The Morgan fingerprint density at radius 1 is 1.00 bits per heavy atom. The smallest absolute Gasteiger partial charge is 0.392 e. The van der Waals surface area contributed by atoms with Gasteiger partial charge in [-0.25, -0.2) is 0 Å². The zero-order chi connectivity index (χ0) is 15.1. The van der Waals surface area contributed by atoms with Gasteiger partial charge in [-0.05, 0) is 44.1 Å². The molecule has 20 heavy (non-hydrogen) atoms. The van der Waals surface area contributed by atoms with Crippen LogP contribution < -0.4 is 5.73 Å². The van der Waals surface area contributed by atoms with Gasteiger partial charge in [0, 0.05) is 0 Å². The highest BCUT2D eigenvalue weighted by molar-refractivity contribution is 5.51. The Morgan fingerprint density at radius 2 is 1.50 bits per heavy atom. The van der Waals surface area contributed by atoms with Gasteiger partial charge < -0.3 is 26.0 Å². The number of nitrogens with two attached hydrogens (primary N) is 1. The first-order valence-electron chi connectivity index (χ1n) is 5.03. The lowest BCUT2D eigenvalue weighted by Crippen LogP contribution is -1.96. The molecule has 0 aliphatic heterocycles. The molecule has 0 saturated carbocycles. The second-order valence-electron chi connectivity index (χ2n) is 3.24. The summed E-state index contributed by atoms with van der Waals surface area (Å²) in [5.74, 6) is -1.93. The summed E-state index contributed by atoms with van der Waals surface area (Å²) < 4.78 is 12.3. The van der Waals surface area contributed by atoms with Crippen molar-refractivity contribution in [2.75, 3.05) is 5.73 Å². The predicted molar refractivity (Wildman–Crippen MR) is 66.2 cm³/mol.